The third-order valence-corrected chi connectivity index (χ3v) is 2.95. The first-order valence-corrected chi connectivity index (χ1v) is 6.11. The van der Waals surface area contributed by atoms with Crippen LogP contribution in [0.25, 0.3) is 0 Å². The fourth-order valence-electron chi connectivity index (χ4n) is 1.32. The molecule has 16 heavy (non-hydrogen) atoms. The Bertz CT molecular complexity index is 353. The maximum atomic E-state index is 12.9. The minimum atomic E-state index is -0.384. The molecule has 0 aliphatic rings. The van der Waals surface area contributed by atoms with Gasteiger partial charge < -0.3 is 5.32 Å². The fraction of sp³-hybridized carbons (Fsp3) is 0.500. The second-order valence-electron chi connectivity index (χ2n) is 4.42. The van der Waals surface area contributed by atoms with E-state index in [0.717, 1.165) is 12.0 Å². The van der Waals surface area contributed by atoms with E-state index in [1.54, 1.807) is 12.1 Å². The fourth-order valence-corrected chi connectivity index (χ4v) is 1.99. The zero-order valence-electron chi connectivity index (χ0n) is 9.49. The van der Waals surface area contributed by atoms with Gasteiger partial charge in [-0.3, -0.25) is 0 Å². The Morgan fingerprint density at radius 1 is 1.38 bits per heavy atom. The molecule has 1 aromatic rings. The summed E-state index contributed by atoms with van der Waals surface area (Å²) in [6.07, 6.45) is 0.878. The van der Waals surface area contributed by atoms with Crippen molar-refractivity contribution in [3.05, 3.63) is 34.6 Å². The van der Waals surface area contributed by atoms with Crippen LogP contribution < -0.4 is 5.32 Å². The third kappa shape index (κ3) is 4.28. The van der Waals surface area contributed by atoms with Crippen molar-refractivity contribution in [1.29, 1.82) is 0 Å². The summed E-state index contributed by atoms with van der Waals surface area (Å²) >= 11 is 11.4. The van der Waals surface area contributed by atoms with E-state index in [9.17, 15) is 4.39 Å². The Hall–Kier alpha value is -0.310. The first kappa shape index (κ1) is 13.8. The van der Waals surface area contributed by atoms with E-state index in [-0.39, 0.29) is 16.4 Å². The predicted octanol–water partition coefficient (Wildman–Crippen LogP) is 3.98. The van der Waals surface area contributed by atoms with Crippen LogP contribution >= 0.6 is 23.2 Å². The highest BCUT2D eigenvalue weighted by Gasteiger charge is 2.15. The summed E-state index contributed by atoms with van der Waals surface area (Å²) in [6.45, 7) is 4.82. The van der Waals surface area contributed by atoms with Crippen LogP contribution in [0.5, 0.6) is 0 Å². The van der Waals surface area contributed by atoms with Crippen LogP contribution in [0.4, 0.5) is 4.39 Å². The van der Waals surface area contributed by atoms with E-state index >= 15 is 0 Å². The molecule has 0 bridgehead atoms. The molecule has 0 aliphatic heterocycles. The van der Waals surface area contributed by atoms with Crippen LogP contribution in [-0.2, 0) is 6.54 Å². The average molecular weight is 264 g/mol. The molecule has 0 aliphatic carbocycles. The van der Waals surface area contributed by atoms with E-state index in [0.29, 0.717) is 12.4 Å². The van der Waals surface area contributed by atoms with Gasteiger partial charge in [0.05, 0.1) is 5.02 Å². The predicted molar refractivity (Wildman–Crippen MR) is 67.7 cm³/mol. The monoisotopic (exact) mass is 263 g/mol. The van der Waals surface area contributed by atoms with E-state index in [4.69, 9.17) is 23.2 Å². The van der Waals surface area contributed by atoms with Gasteiger partial charge in [-0.1, -0.05) is 17.7 Å². The molecule has 0 radical (unpaired) electrons. The van der Waals surface area contributed by atoms with Crippen LogP contribution in [-0.4, -0.2) is 11.4 Å². The molecule has 4 heteroatoms. The van der Waals surface area contributed by atoms with Crippen molar-refractivity contribution in [1.82, 2.24) is 5.32 Å². The summed E-state index contributed by atoms with van der Waals surface area (Å²) < 4.78 is 12.9. The Morgan fingerprint density at radius 3 is 2.62 bits per heavy atom. The van der Waals surface area contributed by atoms with Crippen LogP contribution in [0.3, 0.4) is 0 Å². The summed E-state index contributed by atoms with van der Waals surface area (Å²) in [4.78, 5) is 0. The first-order chi connectivity index (χ1) is 7.44. The molecule has 0 saturated heterocycles. The van der Waals surface area contributed by atoms with Crippen molar-refractivity contribution in [3.63, 3.8) is 0 Å². The second kappa shape index (κ2) is 5.85. The van der Waals surface area contributed by atoms with Crippen molar-refractivity contribution in [2.45, 2.75) is 32.4 Å². The molecule has 90 valence electrons. The van der Waals surface area contributed by atoms with Crippen LogP contribution in [0.1, 0.15) is 25.8 Å². The number of halogens is 3. The van der Waals surface area contributed by atoms with Gasteiger partial charge in [-0.15, -0.1) is 11.6 Å². The van der Waals surface area contributed by atoms with Gasteiger partial charge >= 0.3 is 0 Å². The van der Waals surface area contributed by atoms with E-state index in [2.05, 4.69) is 19.2 Å². The molecule has 0 aromatic heterocycles. The van der Waals surface area contributed by atoms with Crippen molar-refractivity contribution in [2.75, 3.05) is 5.88 Å². The number of rotatable bonds is 5. The smallest absolute Gasteiger partial charge is 0.141 e. The summed E-state index contributed by atoms with van der Waals surface area (Å²) in [5, 5.41) is 3.52. The summed E-state index contributed by atoms with van der Waals surface area (Å²) in [5.74, 6) is 0.231. The lowest BCUT2D eigenvalue weighted by Crippen LogP contribution is -2.39. The number of hydrogen-bond donors (Lipinski definition) is 1. The van der Waals surface area contributed by atoms with Crippen molar-refractivity contribution in [2.24, 2.45) is 0 Å². The molecule has 0 unspecified atom stereocenters. The minimum absolute atomic E-state index is 0.0252. The molecule has 0 atom stereocenters. The van der Waals surface area contributed by atoms with Crippen molar-refractivity contribution < 1.29 is 4.39 Å². The summed E-state index contributed by atoms with van der Waals surface area (Å²) in [6, 6.07) is 4.75. The highest BCUT2D eigenvalue weighted by molar-refractivity contribution is 6.30. The summed E-state index contributed by atoms with van der Waals surface area (Å²) in [5.41, 5.74) is 0.942. The van der Waals surface area contributed by atoms with Gasteiger partial charge in [0.15, 0.2) is 0 Å². The zero-order valence-corrected chi connectivity index (χ0v) is 11.0. The Morgan fingerprint density at radius 2 is 2.06 bits per heavy atom. The van der Waals surface area contributed by atoms with Gasteiger partial charge in [0.2, 0.25) is 0 Å². The highest BCUT2D eigenvalue weighted by atomic mass is 35.5. The van der Waals surface area contributed by atoms with Gasteiger partial charge in [-0.05, 0) is 38.0 Å². The zero-order chi connectivity index (χ0) is 12.2. The van der Waals surface area contributed by atoms with Gasteiger partial charge in [-0.2, -0.15) is 0 Å². The molecule has 0 fully saturated rings. The van der Waals surface area contributed by atoms with Crippen LogP contribution in [0.15, 0.2) is 18.2 Å². The maximum absolute atomic E-state index is 12.9. The molecule has 1 aromatic carbocycles. The lowest BCUT2D eigenvalue weighted by Gasteiger charge is -2.25. The summed E-state index contributed by atoms with van der Waals surface area (Å²) in [7, 11) is 0. The maximum Gasteiger partial charge on any atom is 0.141 e. The van der Waals surface area contributed by atoms with Gasteiger partial charge in [0, 0.05) is 18.0 Å². The molecule has 1 nitrogen and oxygen atoms in total. The Kier molecular flexibility index (Phi) is 5.03. The van der Waals surface area contributed by atoms with Crippen molar-refractivity contribution >= 4 is 23.2 Å². The number of hydrogen-bond acceptors (Lipinski definition) is 1. The molecular formula is C12H16Cl2FN. The Balaban J connectivity index is 2.57. The third-order valence-electron chi connectivity index (χ3n) is 2.47. The number of benzene rings is 1. The SMILES string of the molecule is CC(C)(CCCl)NCc1ccc(F)c(Cl)c1. The van der Waals surface area contributed by atoms with E-state index < -0.39 is 0 Å². The van der Waals surface area contributed by atoms with Crippen LogP contribution in [0, 0.1) is 5.82 Å². The van der Waals surface area contributed by atoms with Gasteiger partial charge in [0.25, 0.3) is 0 Å². The highest BCUT2D eigenvalue weighted by Crippen LogP contribution is 2.17. The molecule has 1 N–H and O–H groups in total. The second-order valence-corrected chi connectivity index (χ2v) is 5.21. The lowest BCUT2D eigenvalue weighted by molar-refractivity contribution is 0.376. The molecule has 1 rings (SSSR count). The number of alkyl halides is 1. The topological polar surface area (TPSA) is 12.0 Å². The molecule has 0 saturated carbocycles. The molecule has 0 spiro atoms. The minimum Gasteiger partial charge on any atom is -0.308 e. The first-order valence-electron chi connectivity index (χ1n) is 5.19. The van der Waals surface area contributed by atoms with E-state index in [1.807, 2.05) is 0 Å². The van der Waals surface area contributed by atoms with E-state index in [1.165, 1.54) is 6.07 Å². The normalized spacial score (nSPS) is 11.8. The molecule has 0 heterocycles. The molecule has 0 amide bonds. The van der Waals surface area contributed by atoms with Crippen molar-refractivity contribution in [3.8, 4) is 0 Å². The largest absolute Gasteiger partial charge is 0.308 e. The molecular weight excluding hydrogens is 248 g/mol. The standard InChI is InChI=1S/C12H16Cl2FN/c1-12(2,5-6-13)16-8-9-3-4-11(15)10(14)7-9/h3-4,7,16H,5-6,8H2,1-2H3. The van der Waals surface area contributed by atoms with Crippen LogP contribution in [0.2, 0.25) is 5.02 Å². The number of nitrogens with one attached hydrogen (secondary N) is 1. The van der Waals surface area contributed by atoms with Gasteiger partial charge in [-0.25, -0.2) is 4.39 Å². The quantitative estimate of drug-likeness (QED) is 0.793. The lowest BCUT2D eigenvalue weighted by atomic mass is 10.0. The van der Waals surface area contributed by atoms with Gasteiger partial charge in [0.1, 0.15) is 5.82 Å². The average Bonchev–Trinajstić information content (AvgIpc) is 2.20. The Labute approximate surface area is 106 Å².